The van der Waals surface area contributed by atoms with E-state index in [1.807, 2.05) is 0 Å². The quantitative estimate of drug-likeness (QED) is 0.684. The highest BCUT2D eigenvalue weighted by Gasteiger charge is 2.11. The molecule has 3 N–H and O–H groups in total. The molecule has 19 heavy (non-hydrogen) atoms. The van der Waals surface area contributed by atoms with Gasteiger partial charge in [0.05, 0.1) is 5.56 Å². The normalized spacial score (nSPS) is 11.6. The van der Waals surface area contributed by atoms with E-state index in [1.54, 1.807) is 0 Å². The van der Waals surface area contributed by atoms with Crippen LogP contribution in [0.1, 0.15) is 10.4 Å². The van der Waals surface area contributed by atoms with Gasteiger partial charge in [0.15, 0.2) is 0 Å². The van der Waals surface area contributed by atoms with E-state index in [4.69, 9.17) is 10.2 Å². The molecular formula is C11H11NO6S. The van der Waals surface area contributed by atoms with E-state index in [2.05, 4.69) is 5.32 Å². The van der Waals surface area contributed by atoms with Crippen molar-refractivity contribution in [2.45, 2.75) is 0 Å². The summed E-state index contributed by atoms with van der Waals surface area (Å²) in [6.07, 6.45) is 0. The SMILES string of the molecule is O=C(O)C[S@](=O)CC(=O)Nc1ccc(C(=O)O)cc1. The molecule has 0 unspecified atom stereocenters. The molecule has 0 saturated carbocycles. The number of amides is 1. The van der Waals surface area contributed by atoms with Gasteiger partial charge in [-0.25, -0.2) is 4.79 Å². The van der Waals surface area contributed by atoms with Gasteiger partial charge in [0.1, 0.15) is 11.5 Å². The van der Waals surface area contributed by atoms with Gasteiger partial charge in [0.25, 0.3) is 0 Å². The number of aliphatic carboxylic acids is 1. The first-order chi connectivity index (χ1) is 8.88. The van der Waals surface area contributed by atoms with Gasteiger partial charge in [-0.15, -0.1) is 0 Å². The van der Waals surface area contributed by atoms with Gasteiger partial charge in [0.2, 0.25) is 5.91 Å². The van der Waals surface area contributed by atoms with Crippen LogP contribution in [0.25, 0.3) is 0 Å². The molecule has 1 atom stereocenters. The molecule has 0 fully saturated rings. The van der Waals surface area contributed by atoms with Crippen LogP contribution in [0.4, 0.5) is 5.69 Å². The third-order valence-corrected chi connectivity index (χ3v) is 3.15. The number of carboxylic acid groups (broad SMARTS) is 2. The monoisotopic (exact) mass is 285 g/mol. The van der Waals surface area contributed by atoms with E-state index in [0.29, 0.717) is 5.69 Å². The van der Waals surface area contributed by atoms with Gasteiger partial charge >= 0.3 is 11.9 Å². The van der Waals surface area contributed by atoms with Crippen LogP contribution in [-0.4, -0.2) is 43.8 Å². The Morgan fingerprint density at radius 1 is 1.05 bits per heavy atom. The molecule has 8 heteroatoms. The largest absolute Gasteiger partial charge is 0.481 e. The van der Waals surface area contributed by atoms with Crippen LogP contribution in [0.2, 0.25) is 0 Å². The topological polar surface area (TPSA) is 121 Å². The number of benzene rings is 1. The Morgan fingerprint density at radius 3 is 2.11 bits per heavy atom. The van der Waals surface area contributed by atoms with E-state index in [-0.39, 0.29) is 5.56 Å². The van der Waals surface area contributed by atoms with Crippen LogP contribution in [0.3, 0.4) is 0 Å². The summed E-state index contributed by atoms with van der Waals surface area (Å²) < 4.78 is 11.2. The maximum Gasteiger partial charge on any atom is 0.335 e. The molecular weight excluding hydrogens is 274 g/mol. The van der Waals surface area contributed by atoms with Crippen molar-refractivity contribution in [1.29, 1.82) is 0 Å². The standard InChI is InChI=1S/C11H11NO6S/c13-9(5-19(18)6-10(14)15)12-8-3-1-7(2-4-8)11(16)17/h1-4H,5-6H2,(H,12,13)(H,14,15)(H,16,17)/t19-/m1/s1. The Labute approximate surface area is 110 Å². The number of hydrogen-bond donors (Lipinski definition) is 3. The third kappa shape index (κ3) is 5.30. The molecule has 0 aliphatic heterocycles. The van der Waals surface area contributed by atoms with E-state index >= 15 is 0 Å². The summed E-state index contributed by atoms with van der Waals surface area (Å²) in [6.45, 7) is 0. The minimum absolute atomic E-state index is 0.0763. The maximum absolute atomic E-state index is 11.4. The molecule has 1 rings (SSSR count). The lowest BCUT2D eigenvalue weighted by Gasteiger charge is -2.04. The fraction of sp³-hybridized carbons (Fsp3) is 0.182. The van der Waals surface area contributed by atoms with E-state index in [1.165, 1.54) is 24.3 Å². The lowest BCUT2D eigenvalue weighted by molar-refractivity contribution is -0.133. The third-order valence-electron chi connectivity index (χ3n) is 1.99. The minimum Gasteiger partial charge on any atom is -0.481 e. The fourth-order valence-electron chi connectivity index (χ4n) is 1.23. The van der Waals surface area contributed by atoms with Gasteiger partial charge in [-0.1, -0.05) is 0 Å². The van der Waals surface area contributed by atoms with Crippen molar-refractivity contribution in [3.63, 3.8) is 0 Å². The molecule has 1 aromatic carbocycles. The number of aromatic carboxylic acids is 1. The second kappa shape index (κ2) is 6.64. The Hall–Kier alpha value is -2.22. The summed E-state index contributed by atoms with van der Waals surface area (Å²) in [6, 6.07) is 5.40. The molecule has 0 saturated heterocycles. The highest BCUT2D eigenvalue weighted by Crippen LogP contribution is 2.09. The van der Waals surface area contributed by atoms with Crippen molar-refractivity contribution in [2.24, 2.45) is 0 Å². The summed E-state index contributed by atoms with van der Waals surface area (Å²) in [5.41, 5.74) is 0.426. The molecule has 0 aromatic heterocycles. The van der Waals surface area contributed by atoms with Gasteiger partial charge in [-0.2, -0.15) is 0 Å². The molecule has 0 bridgehead atoms. The first-order valence-electron chi connectivity index (χ1n) is 5.08. The van der Waals surface area contributed by atoms with Crippen LogP contribution >= 0.6 is 0 Å². The van der Waals surface area contributed by atoms with Crippen LogP contribution in [0.15, 0.2) is 24.3 Å². The van der Waals surface area contributed by atoms with E-state index < -0.39 is 40.2 Å². The molecule has 0 aliphatic carbocycles. The van der Waals surface area contributed by atoms with Gasteiger partial charge in [-0.05, 0) is 24.3 Å². The van der Waals surface area contributed by atoms with Crippen molar-refractivity contribution in [3.05, 3.63) is 29.8 Å². The minimum atomic E-state index is -1.77. The highest BCUT2D eigenvalue weighted by molar-refractivity contribution is 7.86. The summed E-state index contributed by atoms with van der Waals surface area (Å²) in [7, 11) is -1.77. The van der Waals surface area contributed by atoms with Crippen molar-refractivity contribution in [3.8, 4) is 0 Å². The second-order valence-electron chi connectivity index (χ2n) is 3.55. The fourth-order valence-corrected chi connectivity index (χ4v) is 1.97. The van der Waals surface area contributed by atoms with Crippen LogP contribution in [-0.2, 0) is 20.4 Å². The lowest BCUT2D eigenvalue weighted by Crippen LogP contribution is -2.23. The van der Waals surface area contributed by atoms with Crippen LogP contribution in [0.5, 0.6) is 0 Å². The van der Waals surface area contributed by atoms with Gasteiger partial charge in [0, 0.05) is 16.5 Å². The zero-order valence-corrected chi connectivity index (χ0v) is 10.5. The molecule has 0 radical (unpaired) electrons. The smallest absolute Gasteiger partial charge is 0.335 e. The first-order valence-corrected chi connectivity index (χ1v) is 6.57. The van der Waals surface area contributed by atoms with Gasteiger partial charge in [-0.3, -0.25) is 13.8 Å². The zero-order valence-electron chi connectivity index (χ0n) is 9.66. The van der Waals surface area contributed by atoms with Crippen molar-refractivity contribution >= 4 is 34.3 Å². The van der Waals surface area contributed by atoms with Gasteiger partial charge < -0.3 is 15.5 Å². The number of anilines is 1. The average Bonchev–Trinajstić information content (AvgIpc) is 2.27. The molecule has 102 valence electrons. The van der Waals surface area contributed by atoms with Crippen LogP contribution < -0.4 is 5.32 Å². The predicted octanol–water partition coefficient (Wildman–Crippen LogP) is 0.157. The summed E-state index contributed by atoms with van der Waals surface area (Å²) in [4.78, 5) is 32.3. The number of nitrogens with one attached hydrogen (secondary N) is 1. The molecule has 7 nitrogen and oxygen atoms in total. The van der Waals surface area contributed by atoms with E-state index in [9.17, 15) is 18.6 Å². The number of carbonyl (C=O) groups excluding carboxylic acids is 1. The van der Waals surface area contributed by atoms with Crippen molar-refractivity contribution < 1.29 is 28.8 Å². The van der Waals surface area contributed by atoms with Crippen LogP contribution in [0, 0.1) is 0 Å². The molecule has 0 heterocycles. The number of carbonyl (C=O) groups is 3. The Morgan fingerprint density at radius 2 is 1.63 bits per heavy atom. The average molecular weight is 285 g/mol. The number of rotatable bonds is 6. The highest BCUT2D eigenvalue weighted by atomic mass is 32.2. The molecule has 0 aliphatic rings. The Kier molecular flexibility index (Phi) is 5.19. The number of carboxylic acids is 2. The predicted molar refractivity (Wildman–Crippen MR) is 67.5 cm³/mol. The number of hydrogen-bond acceptors (Lipinski definition) is 4. The molecule has 1 aromatic rings. The zero-order chi connectivity index (χ0) is 14.4. The Balaban J connectivity index is 2.55. The van der Waals surface area contributed by atoms with Crippen molar-refractivity contribution in [1.82, 2.24) is 0 Å². The summed E-state index contributed by atoms with van der Waals surface area (Å²) in [5.74, 6) is -3.93. The molecule has 1 amide bonds. The summed E-state index contributed by atoms with van der Waals surface area (Å²) in [5, 5.41) is 19.5. The van der Waals surface area contributed by atoms with Crippen molar-refractivity contribution in [2.75, 3.05) is 16.8 Å². The lowest BCUT2D eigenvalue weighted by atomic mass is 10.2. The van der Waals surface area contributed by atoms with E-state index in [0.717, 1.165) is 0 Å². The summed E-state index contributed by atoms with van der Waals surface area (Å²) >= 11 is 0. The first kappa shape index (κ1) is 14.8. The Bertz CT molecular complexity index is 524. The maximum atomic E-state index is 11.4. The molecule has 0 spiro atoms. The second-order valence-corrected chi connectivity index (χ2v) is 5.01.